The number of halogens is 1. The maximum absolute atomic E-state index is 12.3. The van der Waals surface area contributed by atoms with Gasteiger partial charge >= 0.3 is 0 Å². The molecule has 0 fully saturated rings. The highest BCUT2D eigenvalue weighted by Crippen LogP contribution is 2.22. The second kappa shape index (κ2) is 5.38. The Morgan fingerprint density at radius 3 is 2.90 bits per heavy atom. The molecule has 5 nitrogen and oxygen atoms in total. The normalized spacial score (nSPS) is 13.9. The molecule has 20 heavy (non-hydrogen) atoms. The SMILES string of the molecule is Cn1nc2c(c1NC(=O)c1ccc(Br)cc1)CNCC2. The molecule has 1 aliphatic heterocycles. The van der Waals surface area contributed by atoms with Crippen LogP contribution in [0.4, 0.5) is 5.82 Å². The van der Waals surface area contributed by atoms with Gasteiger partial charge in [-0.1, -0.05) is 15.9 Å². The van der Waals surface area contributed by atoms with Crippen LogP contribution >= 0.6 is 15.9 Å². The van der Waals surface area contributed by atoms with Crippen molar-refractivity contribution >= 4 is 27.7 Å². The summed E-state index contributed by atoms with van der Waals surface area (Å²) in [6.45, 7) is 1.68. The van der Waals surface area contributed by atoms with E-state index in [4.69, 9.17) is 0 Å². The summed E-state index contributed by atoms with van der Waals surface area (Å²) in [5.41, 5.74) is 2.79. The third kappa shape index (κ3) is 2.48. The zero-order chi connectivity index (χ0) is 14.1. The maximum atomic E-state index is 12.3. The number of hydrogen-bond donors (Lipinski definition) is 2. The van der Waals surface area contributed by atoms with Crippen molar-refractivity contribution in [3.8, 4) is 0 Å². The molecule has 0 unspecified atom stereocenters. The van der Waals surface area contributed by atoms with Crippen LogP contribution in [0, 0.1) is 0 Å². The summed E-state index contributed by atoms with van der Waals surface area (Å²) in [5, 5.41) is 10.7. The van der Waals surface area contributed by atoms with E-state index < -0.39 is 0 Å². The van der Waals surface area contributed by atoms with Crippen molar-refractivity contribution in [1.29, 1.82) is 0 Å². The van der Waals surface area contributed by atoms with E-state index in [1.165, 1.54) is 0 Å². The van der Waals surface area contributed by atoms with Gasteiger partial charge in [0.05, 0.1) is 5.69 Å². The summed E-state index contributed by atoms with van der Waals surface area (Å²) in [4.78, 5) is 12.3. The van der Waals surface area contributed by atoms with E-state index >= 15 is 0 Å². The summed E-state index contributed by atoms with van der Waals surface area (Å²) in [5.74, 6) is 0.661. The van der Waals surface area contributed by atoms with E-state index in [0.29, 0.717) is 5.56 Å². The third-order valence-corrected chi connectivity index (χ3v) is 3.94. The molecular weight excluding hydrogens is 320 g/mol. The fraction of sp³-hybridized carbons (Fsp3) is 0.286. The van der Waals surface area contributed by atoms with Crippen molar-refractivity contribution in [2.45, 2.75) is 13.0 Å². The van der Waals surface area contributed by atoms with Crippen LogP contribution in [0.2, 0.25) is 0 Å². The molecule has 1 aliphatic rings. The van der Waals surface area contributed by atoms with E-state index in [1.807, 2.05) is 19.2 Å². The monoisotopic (exact) mass is 334 g/mol. The number of rotatable bonds is 2. The van der Waals surface area contributed by atoms with E-state index in [-0.39, 0.29) is 5.91 Å². The fourth-order valence-electron chi connectivity index (χ4n) is 2.37. The average Bonchev–Trinajstić information content (AvgIpc) is 2.76. The Hall–Kier alpha value is -1.66. The molecule has 2 N–H and O–H groups in total. The van der Waals surface area contributed by atoms with Crippen molar-refractivity contribution in [2.75, 3.05) is 11.9 Å². The Morgan fingerprint density at radius 1 is 1.40 bits per heavy atom. The van der Waals surface area contributed by atoms with Crippen molar-refractivity contribution in [3.05, 3.63) is 45.6 Å². The van der Waals surface area contributed by atoms with Crippen LogP contribution in [-0.2, 0) is 20.0 Å². The predicted octanol–water partition coefficient (Wildman–Crippen LogP) is 2.08. The lowest BCUT2D eigenvalue weighted by Crippen LogP contribution is -2.24. The second-order valence-corrected chi connectivity index (χ2v) is 5.70. The summed E-state index contributed by atoms with van der Waals surface area (Å²) in [7, 11) is 1.86. The zero-order valence-electron chi connectivity index (χ0n) is 11.1. The number of fused-ring (bicyclic) bond motifs is 1. The molecule has 104 valence electrons. The van der Waals surface area contributed by atoms with Crippen LogP contribution < -0.4 is 10.6 Å². The van der Waals surface area contributed by atoms with Gasteiger partial charge < -0.3 is 10.6 Å². The molecule has 0 aliphatic carbocycles. The van der Waals surface area contributed by atoms with Gasteiger partial charge in [-0.05, 0) is 24.3 Å². The van der Waals surface area contributed by atoms with Crippen LogP contribution in [0.1, 0.15) is 21.6 Å². The highest BCUT2D eigenvalue weighted by atomic mass is 79.9. The Bertz CT molecular complexity index is 648. The van der Waals surface area contributed by atoms with E-state index in [1.54, 1.807) is 16.8 Å². The number of aromatic nitrogens is 2. The number of anilines is 1. The standard InChI is InChI=1S/C14H15BrN4O/c1-19-13(11-8-16-7-6-12(11)18-19)17-14(20)9-2-4-10(15)5-3-9/h2-5,16H,6-8H2,1H3,(H,17,20). The van der Waals surface area contributed by atoms with Crippen LogP contribution in [0.25, 0.3) is 0 Å². The quantitative estimate of drug-likeness (QED) is 0.883. The second-order valence-electron chi connectivity index (χ2n) is 4.79. The van der Waals surface area contributed by atoms with Gasteiger partial charge in [0, 0.05) is 42.2 Å². The molecule has 0 atom stereocenters. The number of nitrogens with one attached hydrogen (secondary N) is 2. The van der Waals surface area contributed by atoms with Crippen molar-refractivity contribution in [3.63, 3.8) is 0 Å². The summed E-state index contributed by atoms with van der Waals surface area (Å²) in [6, 6.07) is 7.30. The predicted molar refractivity (Wildman–Crippen MR) is 80.7 cm³/mol. The maximum Gasteiger partial charge on any atom is 0.256 e. The molecule has 1 amide bonds. The third-order valence-electron chi connectivity index (χ3n) is 3.41. The molecule has 6 heteroatoms. The first-order valence-corrected chi connectivity index (χ1v) is 7.27. The number of carbonyl (C=O) groups excluding carboxylic acids is 1. The zero-order valence-corrected chi connectivity index (χ0v) is 12.7. The Balaban J connectivity index is 1.86. The smallest absolute Gasteiger partial charge is 0.256 e. The summed E-state index contributed by atoms with van der Waals surface area (Å²) in [6.07, 6.45) is 0.900. The van der Waals surface area contributed by atoms with Gasteiger partial charge in [-0.3, -0.25) is 9.48 Å². The molecule has 0 saturated carbocycles. The van der Waals surface area contributed by atoms with Crippen LogP contribution in [0.3, 0.4) is 0 Å². The lowest BCUT2D eigenvalue weighted by atomic mass is 10.1. The van der Waals surface area contributed by atoms with Crippen LogP contribution in [0.5, 0.6) is 0 Å². The van der Waals surface area contributed by atoms with Crippen molar-refractivity contribution < 1.29 is 4.79 Å². The molecule has 2 aromatic rings. The van der Waals surface area contributed by atoms with Crippen molar-refractivity contribution in [2.24, 2.45) is 7.05 Å². The van der Waals surface area contributed by atoms with Crippen LogP contribution in [-0.4, -0.2) is 22.2 Å². The minimum absolute atomic E-state index is 0.117. The molecule has 1 aromatic carbocycles. The molecule has 1 aromatic heterocycles. The number of carbonyl (C=O) groups is 1. The van der Waals surface area contributed by atoms with Crippen LogP contribution in [0.15, 0.2) is 28.7 Å². The topological polar surface area (TPSA) is 59.0 Å². The average molecular weight is 335 g/mol. The molecule has 0 radical (unpaired) electrons. The van der Waals surface area contributed by atoms with E-state index in [0.717, 1.165) is 41.1 Å². The highest BCUT2D eigenvalue weighted by Gasteiger charge is 2.20. The lowest BCUT2D eigenvalue weighted by molar-refractivity contribution is 0.102. The molecule has 0 spiro atoms. The van der Waals surface area contributed by atoms with Gasteiger partial charge in [0.2, 0.25) is 0 Å². The molecule has 0 saturated heterocycles. The van der Waals surface area contributed by atoms with Gasteiger partial charge in [-0.2, -0.15) is 5.10 Å². The summed E-state index contributed by atoms with van der Waals surface area (Å²) < 4.78 is 2.70. The highest BCUT2D eigenvalue weighted by molar-refractivity contribution is 9.10. The molecule has 3 rings (SSSR count). The Labute approximate surface area is 125 Å². The van der Waals surface area contributed by atoms with E-state index in [2.05, 4.69) is 31.7 Å². The minimum atomic E-state index is -0.117. The van der Waals surface area contributed by atoms with Gasteiger partial charge in [0.15, 0.2) is 0 Å². The number of aryl methyl sites for hydroxylation is 1. The van der Waals surface area contributed by atoms with Gasteiger partial charge in [-0.15, -0.1) is 0 Å². The van der Waals surface area contributed by atoms with Gasteiger partial charge in [0.1, 0.15) is 5.82 Å². The molecule has 2 heterocycles. The Kier molecular flexibility index (Phi) is 3.58. The first-order valence-electron chi connectivity index (χ1n) is 6.47. The largest absolute Gasteiger partial charge is 0.312 e. The number of nitrogens with zero attached hydrogens (tertiary/aromatic N) is 2. The lowest BCUT2D eigenvalue weighted by Gasteiger charge is -2.13. The fourth-order valence-corrected chi connectivity index (χ4v) is 2.63. The minimum Gasteiger partial charge on any atom is -0.312 e. The van der Waals surface area contributed by atoms with Gasteiger partial charge in [0.25, 0.3) is 5.91 Å². The number of benzene rings is 1. The first kappa shape index (κ1) is 13.3. The molecule has 0 bridgehead atoms. The summed E-state index contributed by atoms with van der Waals surface area (Å²) >= 11 is 3.36. The molecular formula is C14H15BrN4O. The van der Waals surface area contributed by atoms with Gasteiger partial charge in [-0.25, -0.2) is 0 Å². The van der Waals surface area contributed by atoms with Crippen molar-refractivity contribution in [1.82, 2.24) is 15.1 Å². The first-order chi connectivity index (χ1) is 9.65. The number of hydrogen-bond acceptors (Lipinski definition) is 3. The van der Waals surface area contributed by atoms with E-state index in [9.17, 15) is 4.79 Å². The number of amides is 1. The Morgan fingerprint density at radius 2 is 2.15 bits per heavy atom.